The number of pyridine rings is 1. The van der Waals surface area contributed by atoms with Crippen molar-refractivity contribution in [3.05, 3.63) is 57.9 Å². The summed E-state index contributed by atoms with van der Waals surface area (Å²) in [7, 11) is 2.04. The highest BCUT2D eigenvalue weighted by atomic mass is 19.3. The Hall–Kier alpha value is -2.30. The van der Waals surface area contributed by atoms with Gasteiger partial charge in [-0.05, 0) is 57.4 Å². The Morgan fingerprint density at radius 3 is 2.36 bits per heavy atom. The molecule has 0 saturated heterocycles. The van der Waals surface area contributed by atoms with Gasteiger partial charge in [0.15, 0.2) is 0 Å². The maximum atomic E-state index is 13.0. The van der Waals surface area contributed by atoms with E-state index in [0.29, 0.717) is 5.56 Å². The van der Waals surface area contributed by atoms with Gasteiger partial charge in [-0.15, -0.1) is 0 Å². The number of rotatable bonds is 2. The van der Waals surface area contributed by atoms with Crippen LogP contribution < -0.4 is 4.90 Å². The molecule has 0 amide bonds. The van der Waals surface area contributed by atoms with Crippen LogP contribution in [0.3, 0.4) is 0 Å². The average molecular weight is 343 g/mol. The summed E-state index contributed by atoms with van der Waals surface area (Å²) in [5.41, 5.74) is 6.01. The predicted molar refractivity (Wildman–Crippen MR) is 98.0 cm³/mol. The molecule has 0 fully saturated rings. The van der Waals surface area contributed by atoms with Crippen LogP contribution in [0.2, 0.25) is 0 Å². The van der Waals surface area contributed by atoms with Gasteiger partial charge in [0, 0.05) is 24.4 Å². The predicted octanol–water partition coefficient (Wildman–Crippen LogP) is 4.97. The maximum Gasteiger partial charge on any atom is 0.280 e. The number of aromatic nitrogens is 1. The first-order chi connectivity index (χ1) is 11.6. The number of halogens is 2. The van der Waals surface area contributed by atoms with E-state index in [9.17, 15) is 8.78 Å². The van der Waals surface area contributed by atoms with Crippen molar-refractivity contribution >= 4 is 11.4 Å². The first-order valence-electron chi connectivity index (χ1n) is 8.33. The average Bonchev–Trinajstić information content (AvgIpc) is 2.53. The van der Waals surface area contributed by atoms with Gasteiger partial charge in [0.1, 0.15) is 11.4 Å². The number of fused-ring (bicyclic) bond motifs is 1. The van der Waals surface area contributed by atoms with Crippen molar-refractivity contribution in [1.82, 2.24) is 4.98 Å². The summed E-state index contributed by atoms with van der Waals surface area (Å²) in [6, 6.07) is 5.88. The molecule has 0 atom stereocenters. The fraction of sp³-hybridized carbons (Fsp3) is 0.400. The molecule has 0 aliphatic carbocycles. The van der Waals surface area contributed by atoms with Gasteiger partial charge in [-0.3, -0.25) is 9.98 Å². The zero-order chi connectivity index (χ0) is 18.5. The standard InChI is InChI=1S/C20H23F2N3/c1-11-7-8-15-17(14-9-12(2)16(19(21)22)23-10-14)24-20(4,5)25(6)18(15)13(11)3/h7-10,19H,1-6H3. The SMILES string of the molecule is Cc1cc(C2=NC(C)(C)N(C)c3c2ccc(C)c3C)cnc1C(F)F. The number of hydrogen-bond acceptors (Lipinski definition) is 3. The normalized spacial score (nSPS) is 16.0. The lowest BCUT2D eigenvalue weighted by Crippen LogP contribution is -2.44. The second-order valence-electron chi connectivity index (χ2n) is 7.14. The molecule has 0 spiro atoms. The van der Waals surface area contributed by atoms with Crippen molar-refractivity contribution < 1.29 is 8.78 Å². The minimum atomic E-state index is -2.57. The quantitative estimate of drug-likeness (QED) is 0.770. The van der Waals surface area contributed by atoms with E-state index in [4.69, 9.17) is 4.99 Å². The van der Waals surface area contributed by atoms with Gasteiger partial charge in [0.25, 0.3) is 6.43 Å². The minimum absolute atomic E-state index is 0.170. The molecule has 1 aromatic heterocycles. The Morgan fingerprint density at radius 1 is 1.08 bits per heavy atom. The van der Waals surface area contributed by atoms with Gasteiger partial charge in [0.2, 0.25) is 0 Å². The van der Waals surface area contributed by atoms with E-state index < -0.39 is 12.1 Å². The molecule has 0 unspecified atom stereocenters. The summed E-state index contributed by atoms with van der Waals surface area (Å²) in [6.07, 6.45) is -1.06. The first kappa shape index (κ1) is 17.5. The summed E-state index contributed by atoms with van der Waals surface area (Å²) in [6.45, 7) is 9.95. The number of aryl methyl sites for hydroxylation is 2. The number of nitrogens with zero attached hydrogens (tertiary/aromatic N) is 3. The molecule has 132 valence electrons. The second kappa shape index (κ2) is 5.90. The van der Waals surface area contributed by atoms with E-state index in [1.165, 1.54) is 17.3 Å². The number of hydrogen-bond donors (Lipinski definition) is 0. The number of benzene rings is 1. The third-order valence-corrected chi connectivity index (χ3v) is 5.10. The molecule has 2 aromatic rings. The van der Waals surface area contributed by atoms with Crippen LogP contribution >= 0.6 is 0 Å². The van der Waals surface area contributed by atoms with Crippen LogP contribution in [0.25, 0.3) is 0 Å². The zero-order valence-electron chi connectivity index (χ0n) is 15.5. The molecule has 0 saturated carbocycles. The second-order valence-corrected chi connectivity index (χ2v) is 7.14. The summed E-state index contributed by atoms with van der Waals surface area (Å²) in [4.78, 5) is 11.1. The fourth-order valence-electron chi connectivity index (χ4n) is 3.27. The molecule has 2 heterocycles. The molecule has 1 aliphatic heterocycles. The van der Waals surface area contributed by atoms with Gasteiger partial charge >= 0.3 is 0 Å². The highest BCUT2D eigenvalue weighted by Crippen LogP contribution is 2.38. The molecule has 0 bridgehead atoms. The van der Waals surface area contributed by atoms with Gasteiger partial charge in [-0.25, -0.2) is 8.78 Å². The third kappa shape index (κ3) is 2.81. The van der Waals surface area contributed by atoms with Crippen LogP contribution in [-0.4, -0.2) is 23.4 Å². The molecule has 5 heteroatoms. The maximum absolute atomic E-state index is 13.0. The largest absolute Gasteiger partial charge is 0.350 e. The van der Waals surface area contributed by atoms with Crippen molar-refractivity contribution in [2.45, 2.75) is 46.7 Å². The van der Waals surface area contributed by atoms with Gasteiger partial charge < -0.3 is 4.90 Å². The number of aliphatic imine (C=N–C) groups is 1. The van der Waals surface area contributed by atoms with E-state index in [0.717, 1.165) is 22.5 Å². The molecule has 25 heavy (non-hydrogen) atoms. The summed E-state index contributed by atoms with van der Waals surface area (Å²) < 4.78 is 26.0. The zero-order valence-corrected chi connectivity index (χ0v) is 15.5. The fourth-order valence-corrected chi connectivity index (χ4v) is 3.27. The highest BCUT2D eigenvalue weighted by molar-refractivity contribution is 6.17. The Morgan fingerprint density at radius 2 is 1.76 bits per heavy atom. The summed E-state index contributed by atoms with van der Waals surface area (Å²) in [5, 5.41) is 0. The van der Waals surface area contributed by atoms with Crippen molar-refractivity contribution in [3.8, 4) is 0 Å². The number of alkyl halides is 2. The van der Waals surface area contributed by atoms with Crippen LogP contribution in [0, 0.1) is 20.8 Å². The molecule has 3 nitrogen and oxygen atoms in total. The topological polar surface area (TPSA) is 28.5 Å². The van der Waals surface area contributed by atoms with Crippen molar-refractivity contribution in [2.75, 3.05) is 11.9 Å². The monoisotopic (exact) mass is 343 g/mol. The van der Waals surface area contributed by atoms with Crippen LogP contribution in [0.1, 0.15) is 53.8 Å². The molecular weight excluding hydrogens is 320 g/mol. The molecule has 0 N–H and O–H groups in total. The lowest BCUT2D eigenvalue weighted by atomic mass is 9.91. The van der Waals surface area contributed by atoms with Crippen molar-refractivity contribution in [2.24, 2.45) is 4.99 Å². The smallest absolute Gasteiger partial charge is 0.280 e. The Bertz CT molecular complexity index is 869. The third-order valence-electron chi connectivity index (χ3n) is 5.10. The van der Waals surface area contributed by atoms with E-state index in [2.05, 4.69) is 35.9 Å². The molecule has 3 rings (SSSR count). The molecule has 1 aliphatic rings. The van der Waals surface area contributed by atoms with Gasteiger partial charge in [-0.1, -0.05) is 12.1 Å². The summed E-state index contributed by atoms with van der Waals surface area (Å²) in [5.74, 6) is 0. The van der Waals surface area contributed by atoms with Crippen LogP contribution in [-0.2, 0) is 0 Å². The minimum Gasteiger partial charge on any atom is -0.350 e. The van der Waals surface area contributed by atoms with E-state index in [1.807, 2.05) is 20.9 Å². The van der Waals surface area contributed by atoms with E-state index in [1.54, 1.807) is 13.0 Å². The van der Waals surface area contributed by atoms with Gasteiger partial charge in [0.05, 0.1) is 11.4 Å². The van der Waals surface area contributed by atoms with Crippen LogP contribution in [0.5, 0.6) is 0 Å². The van der Waals surface area contributed by atoms with E-state index >= 15 is 0 Å². The van der Waals surface area contributed by atoms with Crippen molar-refractivity contribution in [1.29, 1.82) is 0 Å². The molecule has 1 aromatic carbocycles. The lowest BCUT2D eigenvalue weighted by Gasteiger charge is -2.41. The Balaban J connectivity index is 2.23. The molecule has 0 radical (unpaired) electrons. The lowest BCUT2D eigenvalue weighted by molar-refractivity contribution is 0.145. The molecular formula is C20H23F2N3. The first-order valence-corrected chi connectivity index (χ1v) is 8.33. The number of anilines is 1. The van der Waals surface area contributed by atoms with E-state index in [-0.39, 0.29) is 5.69 Å². The van der Waals surface area contributed by atoms with Crippen molar-refractivity contribution in [3.63, 3.8) is 0 Å². The Kier molecular flexibility index (Phi) is 4.13. The van der Waals surface area contributed by atoms with Gasteiger partial charge in [-0.2, -0.15) is 0 Å². The van der Waals surface area contributed by atoms with Crippen LogP contribution in [0.4, 0.5) is 14.5 Å². The summed E-state index contributed by atoms with van der Waals surface area (Å²) >= 11 is 0. The van der Waals surface area contributed by atoms with Crippen LogP contribution in [0.15, 0.2) is 29.4 Å². The highest BCUT2D eigenvalue weighted by Gasteiger charge is 2.33. The Labute approximate surface area is 147 Å².